The quantitative estimate of drug-likeness (QED) is 0.588. The van der Waals surface area contributed by atoms with E-state index in [2.05, 4.69) is 69.6 Å². The molecular weight excluding hydrogens is 504 g/mol. The summed E-state index contributed by atoms with van der Waals surface area (Å²) in [6, 6.07) is 10.0. The van der Waals surface area contributed by atoms with Gasteiger partial charge in [-0.3, -0.25) is 0 Å². The van der Waals surface area contributed by atoms with E-state index in [1.807, 2.05) is 12.1 Å². The monoisotopic (exact) mass is 521 g/mol. The third-order valence-electron chi connectivity index (χ3n) is 4.28. The van der Waals surface area contributed by atoms with Crippen molar-refractivity contribution in [3.05, 3.63) is 54.2 Å². The molecule has 0 aromatic heterocycles. The standard InChI is InChI=1S/C17H17I2NO2/c1-17(11-8-14(18)16(22-2)15(19)9-11)13-4-3-12(21)7-10(13)5-6-20-17/h3-4,7-9,20-21H,5-6H2,1-2H3. The molecule has 22 heavy (non-hydrogen) atoms. The molecule has 0 bridgehead atoms. The van der Waals surface area contributed by atoms with Crippen LogP contribution in [0.5, 0.6) is 11.5 Å². The molecule has 1 aliphatic rings. The van der Waals surface area contributed by atoms with Crippen molar-refractivity contribution in [2.24, 2.45) is 0 Å². The van der Waals surface area contributed by atoms with Gasteiger partial charge in [-0.1, -0.05) is 6.07 Å². The number of hydrogen-bond donors (Lipinski definition) is 2. The van der Waals surface area contributed by atoms with Gasteiger partial charge in [0.1, 0.15) is 11.5 Å². The maximum absolute atomic E-state index is 9.75. The van der Waals surface area contributed by atoms with Crippen LogP contribution in [-0.4, -0.2) is 18.8 Å². The van der Waals surface area contributed by atoms with E-state index in [1.165, 1.54) is 16.7 Å². The molecule has 0 amide bonds. The highest BCUT2D eigenvalue weighted by molar-refractivity contribution is 14.1. The number of aromatic hydroxyl groups is 1. The second-order valence-electron chi connectivity index (χ2n) is 5.62. The van der Waals surface area contributed by atoms with Crippen LogP contribution in [0.1, 0.15) is 23.6 Å². The highest BCUT2D eigenvalue weighted by Crippen LogP contribution is 2.39. The number of methoxy groups -OCH3 is 1. The molecule has 116 valence electrons. The van der Waals surface area contributed by atoms with E-state index in [4.69, 9.17) is 4.74 Å². The highest BCUT2D eigenvalue weighted by Gasteiger charge is 2.34. The molecule has 0 saturated heterocycles. The number of ether oxygens (including phenoxy) is 1. The maximum Gasteiger partial charge on any atom is 0.145 e. The molecule has 0 saturated carbocycles. The Morgan fingerprint density at radius 1 is 1.18 bits per heavy atom. The molecule has 2 aromatic rings. The lowest BCUT2D eigenvalue weighted by molar-refractivity contribution is 0.400. The van der Waals surface area contributed by atoms with E-state index < -0.39 is 0 Å². The molecule has 2 aromatic carbocycles. The van der Waals surface area contributed by atoms with Gasteiger partial charge >= 0.3 is 0 Å². The molecule has 3 rings (SSSR count). The minimum Gasteiger partial charge on any atom is -0.508 e. The lowest BCUT2D eigenvalue weighted by Crippen LogP contribution is -2.45. The SMILES string of the molecule is COc1c(I)cc(C2(C)NCCc3cc(O)ccc32)cc1I. The smallest absolute Gasteiger partial charge is 0.145 e. The maximum atomic E-state index is 9.75. The largest absolute Gasteiger partial charge is 0.508 e. The summed E-state index contributed by atoms with van der Waals surface area (Å²) in [4.78, 5) is 0. The summed E-state index contributed by atoms with van der Waals surface area (Å²) in [7, 11) is 1.71. The van der Waals surface area contributed by atoms with E-state index in [0.717, 1.165) is 25.9 Å². The average molecular weight is 521 g/mol. The summed E-state index contributed by atoms with van der Waals surface area (Å²) in [5.74, 6) is 1.26. The van der Waals surface area contributed by atoms with Crippen molar-refractivity contribution in [2.45, 2.75) is 18.9 Å². The average Bonchev–Trinajstić information content (AvgIpc) is 2.46. The van der Waals surface area contributed by atoms with Crippen LogP contribution in [0.25, 0.3) is 0 Å². The first-order valence-corrected chi connectivity index (χ1v) is 9.22. The Morgan fingerprint density at radius 2 is 1.86 bits per heavy atom. The zero-order valence-corrected chi connectivity index (χ0v) is 16.7. The molecular formula is C17H17I2NO2. The lowest BCUT2D eigenvalue weighted by atomic mass is 9.79. The van der Waals surface area contributed by atoms with E-state index in [0.29, 0.717) is 5.75 Å². The van der Waals surface area contributed by atoms with Gasteiger partial charge in [0.05, 0.1) is 19.8 Å². The predicted molar refractivity (Wildman–Crippen MR) is 105 cm³/mol. The van der Waals surface area contributed by atoms with E-state index in [9.17, 15) is 5.11 Å². The second kappa shape index (κ2) is 6.16. The summed E-state index contributed by atoms with van der Waals surface area (Å²) in [6.07, 6.45) is 0.934. The zero-order valence-electron chi connectivity index (χ0n) is 12.4. The van der Waals surface area contributed by atoms with Gasteiger partial charge < -0.3 is 15.2 Å². The fraction of sp³-hybridized carbons (Fsp3) is 0.294. The van der Waals surface area contributed by atoms with Crippen LogP contribution in [-0.2, 0) is 12.0 Å². The number of rotatable bonds is 2. The number of hydrogen-bond acceptors (Lipinski definition) is 3. The number of nitrogens with one attached hydrogen (secondary N) is 1. The van der Waals surface area contributed by atoms with Gasteiger partial charge in [0.15, 0.2) is 0 Å². The minimum atomic E-state index is -0.257. The van der Waals surface area contributed by atoms with Gasteiger partial charge in [0.25, 0.3) is 0 Å². The van der Waals surface area contributed by atoms with Crippen LogP contribution in [0.3, 0.4) is 0 Å². The first-order chi connectivity index (χ1) is 10.5. The Hall–Kier alpha value is -0.540. The summed E-state index contributed by atoms with van der Waals surface area (Å²) in [6.45, 7) is 3.10. The molecule has 0 radical (unpaired) electrons. The van der Waals surface area contributed by atoms with Crippen molar-refractivity contribution in [1.29, 1.82) is 0 Å². The van der Waals surface area contributed by atoms with Crippen LogP contribution in [0.15, 0.2) is 30.3 Å². The molecule has 3 nitrogen and oxygen atoms in total. The third-order valence-corrected chi connectivity index (χ3v) is 5.88. The predicted octanol–water partition coefficient (Wildman–Crippen LogP) is 4.02. The molecule has 1 aliphatic heterocycles. The van der Waals surface area contributed by atoms with Gasteiger partial charge in [0, 0.05) is 6.54 Å². The molecule has 1 unspecified atom stereocenters. The van der Waals surface area contributed by atoms with Crippen molar-refractivity contribution < 1.29 is 9.84 Å². The fourth-order valence-electron chi connectivity index (χ4n) is 3.12. The lowest BCUT2D eigenvalue weighted by Gasteiger charge is -2.38. The van der Waals surface area contributed by atoms with Gasteiger partial charge in [-0.2, -0.15) is 0 Å². The molecule has 0 spiro atoms. The Morgan fingerprint density at radius 3 is 2.50 bits per heavy atom. The van der Waals surface area contributed by atoms with E-state index in [1.54, 1.807) is 13.2 Å². The Balaban J connectivity index is 2.17. The van der Waals surface area contributed by atoms with Gasteiger partial charge in [-0.05, 0) is 99.5 Å². The molecule has 1 heterocycles. The molecule has 0 fully saturated rings. The normalized spacial score (nSPS) is 20.5. The van der Waals surface area contributed by atoms with Crippen molar-refractivity contribution in [3.8, 4) is 11.5 Å². The van der Waals surface area contributed by atoms with Crippen LogP contribution in [0.2, 0.25) is 0 Å². The minimum absolute atomic E-state index is 0.257. The zero-order chi connectivity index (χ0) is 15.9. The fourth-order valence-corrected chi connectivity index (χ4v) is 5.33. The summed E-state index contributed by atoms with van der Waals surface area (Å²) in [5.41, 5.74) is 3.40. The third kappa shape index (κ3) is 2.71. The van der Waals surface area contributed by atoms with Crippen molar-refractivity contribution >= 4 is 45.2 Å². The van der Waals surface area contributed by atoms with Crippen LogP contribution >= 0.6 is 45.2 Å². The Bertz CT molecular complexity index is 710. The molecule has 1 atom stereocenters. The molecule has 5 heteroatoms. The van der Waals surface area contributed by atoms with Gasteiger partial charge in [-0.15, -0.1) is 0 Å². The van der Waals surface area contributed by atoms with Crippen LogP contribution < -0.4 is 10.1 Å². The Labute approximate surface area is 157 Å². The Kier molecular flexibility index (Phi) is 4.57. The first-order valence-electron chi connectivity index (χ1n) is 7.06. The molecule has 2 N–H and O–H groups in total. The second-order valence-corrected chi connectivity index (χ2v) is 7.94. The van der Waals surface area contributed by atoms with Crippen molar-refractivity contribution in [1.82, 2.24) is 5.32 Å². The van der Waals surface area contributed by atoms with Gasteiger partial charge in [-0.25, -0.2) is 0 Å². The van der Waals surface area contributed by atoms with E-state index in [-0.39, 0.29) is 5.54 Å². The number of halogens is 2. The van der Waals surface area contributed by atoms with Crippen molar-refractivity contribution in [2.75, 3.05) is 13.7 Å². The number of benzene rings is 2. The number of fused-ring (bicyclic) bond motifs is 1. The van der Waals surface area contributed by atoms with Gasteiger partial charge in [0.2, 0.25) is 0 Å². The van der Waals surface area contributed by atoms with Crippen LogP contribution in [0, 0.1) is 7.14 Å². The number of phenols is 1. The molecule has 0 aliphatic carbocycles. The summed E-state index contributed by atoms with van der Waals surface area (Å²) >= 11 is 4.64. The van der Waals surface area contributed by atoms with Crippen molar-refractivity contribution in [3.63, 3.8) is 0 Å². The summed E-state index contributed by atoms with van der Waals surface area (Å²) in [5, 5.41) is 13.4. The highest BCUT2D eigenvalue weighted by atomic mass is 127. The number of phenolic OH excluding ortho intramolecular Hbond substituents is 1. The van der Waals surface area contributed by atoms with E-state index >= 15 is 0 Å². The topological polar surface area (TPSA) is 41.5 Å². The first kappa shape index (κ1) is 16.3. The summed E-state index contributed by atoms with van der Waals surface area (Å²) < 4.78 is 7.68. The van der Waals surface area contributed by atoms with Crippen LogP contribution in [0.4, 0.5) is 0 Å².